The van der Waals surface area contributed by atoms with Crippen LogP contribution in [0.1, 0.15) is 29.4 Å². The Bertz CT molecular complexity index is 1010. The van der Waals surface area contributed by atoms with E-state index in [1.165, 1.54) is 34.0 Å². The first-order chi connectivity index (χ1) is 15.1. The highest BCUT2D eigenvalue weighted by Gasteiger charge is 2.29. The number of para-hydroxylation sites is 2. The van der Waals surface area contributed by atoms with E-state index in [0.29, 0.717) is 6.17 Å². The predicted molar refractivity (Wildman–Crippen MR) is 129 cm³/mol. The van der Waals surface area contributed by atoms with Crippen molar-refractivity contribution < 1.29 is 0 Å². The Morgan fingerprint density at radius 1 is 0.742 bits per heavy atom. The molecule has 2 aliphatic heterocycles. The quantitative estimate of drug-likeness (QED) is 0.653. The van der Waals surface area contributed by atoms with Crippen LogP contribution in [0.15, 0.2) is 60.7 Å². The summed E-state index contributed by atoms with van der Waals surface area (Å²) in [5.41, 5.74) is 7.49. The van der Waals surface area contributed by atoms with Crippen LogP contribution in [-0.2, 0) is 0 Å². The lowest BCUT2D eigenvalue weighted by Gasteiger charge is -2.39. The Hall–Kier alpha value is -2.76. The number of hydrogen-bond acceptors (Lipinski definition) is 4. The molecule has 5 heteroatoms. The normalized spacial score (nSPS) is 22.3. The minimum Gasteiger partial charge on any atom is -0.376 e. The average Bonchev–Trinajstić information content (AvgIpc) is 3.00. The molecule has 2 aromatic carbocycles. The van der Waals surface area contributed by atoms with Crippen LogP contribution in [0.3, 0.4) is 0 Å². The van der Waals surface area contributed by atoms with Gasteiger partial charge in [-0.2, -0.15) is 0 Å². The molecule has 162 valence electrons. The van der Waals surface area contributed by atoms with E-state index < -0.39 is 0 Å². The first kappa shape index (κ1) is 20.2. The van der Waals surface area contributed by atoms with E-state index in [4.69, 9.17) is 0 Å². The highest BCUT2D eigenvalue weighted by Crippen LogP contribution is 2.35. The molecule has 5 rings (SSSR count). The van der Waals surface area contributed by atoms with Crippen molar-refractivity contribution in [1.82, 2.24) is 14.4 Å². The highest BCUT2D eigenvalue weighted by atomic mass is 15.3. The third-order valence-corrected chi connectivity index (χ3v) is 6.84. The number of rotatable bonds is 3. The fourth-order valence-electron chi connectivity index (χ4n) is 4.97. The molecule has 31 heavy (non-hydrogen) atoms. The van der Waals surface area contributed by atoms with Crippen LogP contribution in [0.5, 0.6) is 0 Å². The number of nitrogens with zero attached hydrogens (tertiary/aromatic N) is 3. The second-order valence-corrected chi connectivity index (χ2v) is 9.02. The summed E-state index contributed by atoms with van der Waals surface area (Å²) in [4.78, 5) is 5.03. The fraction of sp³-hybridized carbons (Fsp3) is 0.385. The number of hydrogen-bond donors (Lipinski definition) is 2. The number of aryl methyl sites for hydroxylation is 2. The Kier molecular flexibility index (Phi) is 5.47. The van der Waals surface area contributed by atoms with Gasteiger partial charge in [-0.05, 0) is 62.9 Å². The van der Waals surface area contributed by atoms with Crippen LogP contribution < -0.4 is 10.6 Å². The van der Waals surface area contributed by atoms with Crippen molar-refractivity contribution in [1.29, 1.82) is 0 Å². The Morgan fingerprint density at radius 2 is 1.35 bits per heavy atom. The Labute approximate surface area is 185 Å². The molecule has 2 unspecified atom stereocenters. The van der Waals surface area contributed by atoms with Gasteiger partial charge in [0.25, 0.3) is 0 Å². The van der Waals surface area contributed by atoms with Gasteiger partial charge in [-0.3, -0.25) is 4.90 Å². The summed E-state index contributed by atoms with van der Waals surface area (Å²) in [6, 6.07) is 22.3. The number of piperazine rings is 1. The molecule has 1 aromatic heterocycles. The van der Waals surface area contributed by atoms with E-state index in [1.54, 1.807) is 0 Å². The SMILES string of the molecule is Cc1ccc(C)n1-c1ccc(C2CC(N3CCN(C)CC3)Nc3ccccc3N2)cc1. The van der Waals surface area contributed by atoms with E-state index in [9.17, 15) is 0 Å². The zero-order valence-electron chi connectivity index (χ0n) is 18.8. The second kappa shape index (κ2) is 8.40. The van der Waals surface area contributed by atoms with Crippen LogP contribution >= 0.6 is 0 Å². The third-order valence-electron chi connectivity index (χ3n) is 6.84. The van der Waals surface area contributed by atoms with Crippen molar-refractivity contribution in [2.24, 2.45) is 0 Å². The molecular formula is C26H33N5. The molecule has 2 atom stereocenters. The molecule has 3 heterocycles. The molecule has 2 aliphatic rings. The minimum absolute atomic E-state index is 0.265. The van der Waals surface area contributed by atoms with E-state index in [2.05, 4.69) is 107 Å². The first-order valence-corrected chi connectivity index (χ1v) is 11.4. The fourth-order valence-corrected chi connectivity index (χ4v) is 4.97. The van der Waals surface area contributed by atoms with Gasteiger partial charge in [0, 0.05) is 49.7 Å². The van der Waals surface area contributed by atoms with E-state index in [-0.39, 0.29) is 6.04 Å². The van der Waals surface area contributed by atoms with E-state index >= 15 is 0 Å². The maximum atomic E-state index is 3.83. The summed E-state index contributed by atoms with van der Waals surface area (Å²) in [5, 5.41) is 7.66. The summed E-state index contributed by atoms with van der Waals surface area (Å²) in [5.74, 6) is 0. The van der Waals surface area contributed by atoms with Crippen molar-refractivity contribution >= 4 is 11.4 Å². The van der Waals surface area contributed by atoms with Crippen LogP contribution in [0, 0.1) is 13.8 Å². The Morgan fingerprint density at radius 3 is 2.00 bits per heavy atom. The first-order valence-electron chi connectivity index (χ1n) is 11.4. The lowest BCUT2D eigenvalue weighted by Crippen LogP contribution is -2.51. The topological polar surface area (TPSA) is 35.5 Å². The van der Waals surface area contributed by atoms with Gasteiger partial charge in [0.2, 0.25) is 0 Å². The largest absolute Gasteiger partial charge is 0.376 e. The molecule has 0 radical (unpaired) electrons. The van der Waals surface area contributed by atoms with Crippen molar-refractivity contribution in [3.05, 3.63) is 77.6 Å². The zero-order chi connectivity index (χ0) is 21.4. The molecule has 0 bridgehead atoms. The summed E-state index contributed by atoms with van der Waals surface area (Å²) in [7, 11) is 2.22. The van der Waals surface area contributed by atoms with Crippen molar-refractivity contribution in [2.75, 3.05) is 43.9 Å². The van der Waals surface area contributed by atoms with Gasteiger partial charge >= 0.3 is 0 Å². The molecule has 0 saturated carbocycles. The Balaban J connectivity index is 1.43. The summed E-state index contributed by atoms with van der Waals surface area (Å²) < 4.78 is 2.31. The molecule has 1 fully saturated rings. The zero-order valence-corrected chi connectivity index (χ0v) is 18.8. The van der Waals surface area contributed by atoms with Crippen LogP contribution in [0.2, 0.25) is 0 Å². The van der Waals surface area contributed by atoms with Crippen LogP contribution in [0.25, 0.3) is 5.69 Å². The number of fused-ring (bicyclic) bond motifs is 1. The number of anilines is 2. The van der Waals surface area contributed by atoms with E-state index in [0.717, 1.165) is 32.6 Å². The third kappa shape index (κ3) is 4.08. The molecule has 0 amide bonds. The highest BCUT2D eigenvalue weighted by molar-refractivity contribution is 5.70. The second-order valence-electron chi connectivity index (χ2n) is 9.02. The minimum atomic E-state index is 0.265. The van der Waals surface area contributed by atoms with Gasteiger partial charge in [-0.25, -0.2) is 0 Å². The summed E-state index contributed by atoms with van der Waals surface area (Å²) >= 11 is 0. The molecular weight excluding hydrogens is 382 g/mol. The standard InChI is InChI=1S/C26H33N5/c1-19-8-9-20(2)31(19)22-12-10-21(11-13-22)25-18-26(30-16-14-29(3)15-17-30)28-24-7-5-4-6-23(24)27-25/h4-13,25-28H,14-18H2,1-3H3. The lowest BCUT2D eigenvalue weighted by atomic mass is 10.0. The van der Waals surface area contributed by atoms with Gasteiger partial charge in [-0.15, -0.1) is 0 Å². The summed E-state index contributed by atoms with van der Waals surface area (Å²) in [6.07, 6.45) is 1.35. The van der Waals surface area contributed by atoms with Gasteiger partial charge in [0.05, 0.1) is 23.6 Å². The van der Waals surface area contributed by atoms with Gasteiger partial charge in [0.15, 0.2) is 0 Å². The van der Waals surface area contributed by atoms with Crippen LogP contribution in [0.4, 0.5) is 11.4 Å². The molecule has 0 aliphatic carbocycles. The number of likely N-dealkylation sites (N-methyl/N-ethyl adjacent to an activating group) is 1. The summed E-state index contributed by atoms with van der Waals surface area (Å²) in [6.45, 7) is 8.79. The molecule has 2 N–H and O–H groups in total. The van der Waals surface area contributed by atoms with Crippen molar-refractivity contribution in [3.63, 3.8) is 0 Å². The smallest absolute Gasteiger partial charge is 0.0817 e. The maximum absolute atomic E-state index is 3.83. The van der Waals surface area contributed by atoms with E-state index in [1.807, 2.05) is 0 Å². The lowest BCUT2D eigenvalue weighted by molar-refractivity contribution is 0.116. The van der Waals surface area contributed by atoms with Crippen molar-refractivity contribution in [3.8, 4) is 5.69 Å². The molecule has 0 spiro atoms. The maximum Gasteiger partial charge on any atom is 0.0817 e. The predicted octanol–water partition coefficient (Wildman–Crippen LogP) is 4.64. The molecule has 3 aromatic rings. The van der Waals surface area contributed by atoms with Gasteiger partial charge in [0.1, 0.15) is 0 Å². The molecule has 1 saturated heterocycles. The number of benzene rings is 2. The number of aromatic nitrogens is 1. The van der Waals surface area contributed by atoms with Gasteiger partial charge < -0.3 is 20.1 Å². The van der Waals surface area contributed by atoms with Gasteiger partial charge in [-0.1, -0.05) is 24.3 Å². The van der Waals surface area contributed by atoms with Crippen molar-refractivity contribution in [2.45, 2.75) is 32.5 Å². The monoisotopic (exact) mass is 415 g/mol. The number of nitrogens with one attached hydrogen (secondary N) is 2. The molecule has 5 nitrogen and oxygen atoms in total. The van der Waals surface area contributed by atoms with Crippen LogP contribution in [-0.4, -0.2) is 53.8 Å². The average molecular weight is 416 g/mol.